The van der Waals surface area contributed by atoms with Crippen LogP contribution in [0.4, 0.5) is 0 Å². The fourth-order valence-electron chi connectivity index (χ4n) is 1.79. The highest BCUT2D eigenvalue weighted by Crippen LogP contribution is 2.31. The smallest absolute Gasteiger partial charge is 0.119 e. The van der Waals surface area contributed by atoms with Gasteiger partial charge in [0.05, 0.1) is 21.7 Å². The molecule has 0 amide bonds. The zero-order valence-electron chi connectivity index (χ0n) is 10.9. The molecule has 0 aliphatic rings. The minimum atomic E-state index is 0.195. The van der Waals surface area contributed by atoms with Crippen molar-refractivity contribution in [2.45, 2.75) is 33.4 Å². The SMILES string of the molecule is Cc1nc(CN)c(-c2ccc(OC(C)C)cc2)s1. The summed E-state index contributed by atoms with van der Waals surface area (Å²) in [5.41, 5.74) is 7.83. The molecule has 0 radical (unpaired) electrons. The molecule has 0 spiro atoms. The van der Waals surface area contributed by atoms with Crippen molar-refractivity contribution in [2.24, 2.45) is 5.73 Å². The van der Waals surface area contributed by atoms with E-state index < -0.39 is 0 Å². The number of aromatic nitrogens is 1. The molecule has 0 aliphatic heterocycles. The number of hydrogen-bond acceptors (Lipinski definition) is 4. The Balaban J connectivity index is 2.28. The first-order valence-electron chi connectivity index (χ1n) is 6.03. The van der Waals surface area contributed by atoms with Crippen LogP contribution in [0.3, 0.4) is 0 Å². The van der Waals surface area contributed by atoms with Gasteiger partial charge in [-0.1, -0.05) is 0 Å². The maximum Gasteiger partial charge on any atom is 0.119 e. The van der Waals surface area contributed by atoms with Gasteiger partial charge in [-0.3, -0.25) is 0 Å². The minimum Gasteiger partial charge on any atom is -0.491 e. The molecular weight excluding hydrogens is 244 g/mol. The quantitative estimate of drug-likeness (QED) is 0.919. The van der Waals surface area contributed by atoms with Gasteiger partial charge < -0.3 is 10.5 Å². The van der Waals surface area contributed by atoms with Crippen molar-refractivity contribution in [3.63, 3.8) is 0 Å². The fraction of sp³-hybridized carbons (Fsp3) is 0.357. The van der Waals surface area contributed by atoms with Crippen LogP contribution >= 0.6 is 11.3 Å². The zero-order chi connectivity index (χ0) is 13.1. The van der Waals surface area contributed by atoms with Gasteiger partial charge >= 0.3 is 0 Å². The van der Waals surface area contributed by atoms with Crippen molar-refractivity contribution in [3.05, 3.63) is 35.0 Å². The highest BCUT2D eigenvalue weighted by atomic mass is 32.1. The van der Waals surface area contributed by atoms with Gasteiger partial charge in [0.2, 0.25) is 0 Å². The van der Waals surface area contributed by atoms with E-state index >= 15 is 0 Å². The van der Waals surface area contributed by atoms with Gasteiger partial charge in [0.25, 0.3) is 0 Å². The van der Waals surface area contributed by atoms with E-state index in [9.17, 15) is 0 Å². The van der Waals surface area contributed by atoms with Gasteiger partial charge in [0, 0.05) is 6.54 Å². The Bertz CT molecular complexity index is 517. The van der Waals surface area contributed by atoms with E-state index in [1.54, 1.807) is 11.3 Å². The van der Waals surface area contributed by atoms with Crippen LogP contribution in [-0.2, 0) is 6.54 Å². The molecule has 2 N–H and O–H groups in total. The lowest BCUT2D eigenvalue weighted by Crippen LogP contribution is -2.05. The van der Waals surface area contributed by atoms with Gasteiger partial charge in [-0.05, 0) is 50.6 Å². The van der Waals surface area contributed by atoms with Crippen LogP contribution in [0.5, 0.6) is 5.75 Å². The van der Waals surface area contributed by atoms with Crippen molar-refractivity contribution in [3.8, 4) is 16.2 Å². The minimum absolute atomic E-state index is 0.195. The molecule has 96 valence electrons. The molecule has 2 rings (SSSR count). The molecule has 0 unspecified atom stereocenters. The summed E-state index contributed by atoms with van der Waals surface area (Å²) in [7, 11) is 0. The van der Waals surface area contributed by atoms with Crippen molar-refractivity contribution < 1.29 is 4.74 Å². The summed E-state index contributed by atoms with van der Waals surface area (Å²) in [5, 5.41) is 1.05. The maximum absolute atomic E-state index is 5.72. The Hall–Kier alpha value is -1.39. The van der Waals surface area contributed by atoms with Gasteiger partial charge in [-0.15, -0.1) is 11.3 Å². The van der Waals surface area contributed by atoms with Gasteiger partial charge in [0.1, 0.15) is 5.75 Å². The summed E-state index contributed by atoms with van der Waals surface area (Å²) >= 11 is 1.68. The number of nitrogens with zero attached hydrogens (tertiary/aromatic N) is 1. The Morgan fingerprint density at radius 2 is 1.94 bits per heavy atom. The largest absolute Gasteiger partial charge is 0.491 e. The summed E-state index contributed by atoms with van der Waals surface area (Å²) in [4.78, 5) is 5.60. The van der Waals surface area contributed by atoms with Crippen molar-refractivity contribution in [2.75, 3.05) is 0 Å². The Kier molecular flexibility index (Phi) is 3.99. The van der Waals surface area contributed by atoms with Crippen LogP contribution in [0.15, 0.2) is 24.3 Å². The van der Waals surface area contributed by atoms with E-state index in [1.807, 2.05) is 32.9 Å². The molecule has 0 saturated heterocycles. The van der Waals surface area contributed by atoms with Crippen LogP contribution in [0.25, 0.3) is 10.4 Å². The molecule has 2 aromatic rings. The Labute approximate surface area is 112 Å². The topological polar surface area (TPSA) is 48.1 Å². The molecule has 0 aliphatic carbocycles. The van der Waals surface area contributed by atoms with E-state index in [0.29, 0.717) is 6.54 Å². The second-order valence-corrected chi connectivity index (χ2v) is 5.61. The van der Waals surface area contributed by atoms with E-state index in [0.717, 1.165) is 26.9 Å². The summed E-state index contributed by atoms with van der Waals surface area (Å²) in [6.07, 6.45) is 0.195. The highest BCUT2D eigenvalue weighted by molar-refractivity contribution is 7.15. The average molecular weight is 262 g/mol. The van der Waals surface area contributed by atoms with Gasteiger partial charge in [-0.25, -0.2) is 4.98 Å². The van der Waals surface area contributed by atoms with E-state index in [2.05, 4.69) is 17.1 Å². The third-order valence-corrected chi connectivity index (χ3v) is 3.55. The lowest BCUT2D eigenvalue weighted by molar-refractivity contribution is 0.242. The predicted octanol–water partition coefficient (Wildman–Crippen LogP) is 3.36. The number of hydrogen-bond donors (Lipinski definition) is 1. The monoisotopic (exact) mass is 262 g/mol. The second kappa shape index (κ2) is 5.50. The number of aryl methyl sites for hydroxylation is 1. The lowest BCUT2D eigenvalue weighted by Gasteiger charge is -2.09. The number of benzene rings is 1. The number of rotatable bonds is 4. The molecule has 4 heteroatoms. The van der Waals surface area contributed by atoms with Crippen LogP contribution in [-0.4, -0.2) is 11.1 Å². The molecule has 1 aromatic carbocycles. The Morgan fingerprint density at radius 1 is 1.28 bits per heavy atom. The molecule has 0 bridgehead atoms. The van der Waals surface area contributed by atoms with Crippen LogP contribution in [0.2, 0.25) is 0 Å². The molecule has 18 heavy (non-hydrogen) atoms. The molecule has 3 nitrogen and oxygen atoms in total. The summed E-state index contributed by atoms with van der Waals surface area (Å²) in [6.45, 7) is 6.52. The zero-order valence-corrected chi connectivity index (χ0v) is 11.8. The second-order valence-electron chi connectivity index (χ2n) is 4.40. The van der Waals surface area contributed by atoms with Crippen molar-refractivity contribution in [1.29, 1.82) is 0 Å². The predicted molar refractivity (Wildman–Crippen MR) is 75.9 cm³/mol. The van der Waals surface area contributed by atoms with Gasteiger partial charge in [-0.2, -0.15) is 0 Å². The summed E-state index contributed by atoms with van der Waals surface area (Å²) in [5.74, 6) is 0.893. The standard InChI is InChI=1S/C14H18N2OS/c1-9(2)17-12-6-4-11(5-7-12)14-13(8-15)16-10(3)18-14/h4-7,9H,8,15H2,1-3H3. The molecule has 0 fully saturated rings. The first-order chi connectivity index (χ1) is 8.60. The lowest BCUT2D eigenvalue weighted by atomic mass is 10.1. The molecule has 1 heterocycles. The molecule has 1 aromatic heterocycles. The molecular formula is C14H18N2OS. The van der Waals surface area contributed by atoms with E-state index in [-0.39, 0.29) is 6.10 Å². The number of thiazole rings is 1. The first kappa shape index (κ1) is 13.1. The van der Waals surface area contributed by atoms with Crippen LogP contribution in [0, 0.1) is 6.92 Å². The van der Waals surface area contributed by atoms with Crippen molar-refractivity contribution in [1.82, 2.24) is 4.98 Å². The molecule has 0 saturated carbocycles. The van der Waals surface area contributed by atoms with Crippen molar-refractivity contribution >= 4 is 11.3 Å². The van der Waals surface area contributed by atoms with E-state index in [4.69, 9.17) is 10.5 Å². The fourth-order valence-corrected chi connectivity index (χ4v) is 2.74. The van der Waals surface area contributed by atoms with Crippen LogP contribution in [0.1, 0.15) is 24.5 Å². The third-order valence-electron chi connectivity index (χ3n) is 2.49. The highest BCUT2D eigenvalue weighted by Gasteiger charge is 2.10. The molecule has 0 atom stereocenters. The Morgan fingerprint density at radius 3 is 2.50 bits per heavy atom. The third kappa shape index (κ3) is 2.89. The average Bonchev–Trinajstić information content (AvgIpc) is 2.71. The van der Waals surface area contributed by atoms with Gasteiger partial charge in [0.15, 0.2) is 0 Å². The summed E-state index contributed by atoms with van der Waals surface area (Å²) < 4.78 is 5.63. The summed E-state index contributed by atoms with van der Waals surface area (Å²) in [6, 6.07) is 8.10. The first-order valence-corrected chi connectivity index (χ1v) is 6.85. The van der Waals surface area contributed by atoms with E-state index in [1.165, 1.54) is 0 Å². The van der Waals surface area contributed by atoms with Crippen LogP contribution < -0.4 is 10.5 Å². The normalized spacial score (nSPS) is 10.9. The maximum atomic E-state index is 5.72. The number of ether oxygens (including phenoxy) is 1. The number of nitrogens with two attached hydrogens (primary N) is 1.